The third kappa shape index (κ3) is 7.81. The van der Waals surface area contributed by atoms with Crippen LogP contribution < -0.4 is 0 Å². The Labute approximate surface area is 132 Å². The van der Waals surface area contributed by atoms with E-state index in [-0.39, 0.29) is 25.2 Å². The molecule has 0 aromatic heterocycles. The molecule has 0 fully saturated rings. The van der Waals surface area contributed by atoms with E-state index in [1.807, 2.05) is 52.0 Å². The summed E-state index contributed by atoms with van der Waals surface area (Å²) in [4.78, 5) is 23.0. The van der Waals surface area contributed by atoms with Crippen LogP contribution in [0.3, 0.4) is 0 Å². The quantitative estimate of drug-likeness (QED) is 0.684. The third-order valence-corrected chi connectivity index (χ3v) is 2.97. The van der Waals surface area contributed by atoms with Crippen LogP contribution in [0.2, 0.25) is 0 Å². The monoisotopic (exact) mass is 306 g/mol. The van der Waals surface area contributed by atoms with E-state index in [4.69, 9.17) is 9.47 Å². The summed E-state index contributed by atoms with van der Waals surface area (Å²) >= 11 is 0. The largest absolute Gasteiger partial charge is 0.461 e. The minimum atomic E-state index is -0.179. The second-order valence-corrected chi connectivity index (χ2v) is 6.33. The molecule has 0 aliphatic heterocycles. The van der Waals surface area contributed by atoms with Crippen LogP contribution in [0.25, 0.3) is 0 Å². The Hall–Kier alpha value is -1.84. The van der Waals surface area contributed by atoms with Gasteiger partial charge in [-0.1, -0.05) is 52.0 Å². The summed E-state index contributed by atoms with van der Waals surface area (Å²) in [7, 11) is 0. The molecule has 0 saturated carbocycles. The first-order chi connectivity index (χ1) is 10.4. The van der Waals surface area contributed by atoms with Gasteiger partial charge in [-0.2, -0.15) is 0 Å². The molecule has 1 aromatic rings. The molecule has 0 bridgehead atoms. The van der Waals surface area contributed by atoms with E-state index in [1.54, 1.807) is 0 Å². The van der Waals surface area contributed by atoms with Gasteiger partial charge in [0.1, 0.15) is 13.2 Å². The van der Waals surface area contributed by atoms with Crippen LogP contribution in [0.4, 0.5) is 0 Å². The standard InChI is InChI=1S/C18H26O4/c1-13(2)9-17(19)21-11-15-5-7-16(8-6-15)12-22-18(20)10-14(3)4/h5-8,13-14H,9-12H2,1-4H3. The Kier molecular flexibility index (Phi) is 7.64. The molecule has 0 heterocycles. The van der Waals surface area contributed by atoms with E-state index in [2.05, 4.69) is 0 Å². The molecule has 122 valence electrons. The summed E-state index contributed by atoms with van der Waals surface area (Å²) in [5.41, 5.74) is 1.85. The van der Waals surface area contributed by atoms with E-state index < -0.39 is 0 Å². The topological polar surface area (TPSA) is 52.6 Å². The van der Waals surface area contributed by atoms with Crippen molar-refractivity contribution in [3.05, 3.63) is 35.4 Å². The van der Waals surface area contributed by atoms with Crippen LogP contribution in [0.15, 0.2) is 24.3 Å². The molecule has 4 heteroatoms. The molecular weight excluding hydrogens is 280 g/mol. The van der Waals surface area contributed by atoms with Gasteiger partial charge in [-0.05, 0) is 23.0 Å². The Morgan fingerprint density at radius 2 is 1.09 bits per heavy atom. The lowest BCUT2D eigenvalue weighted by Gasteiger charge is -2.09. The SMILES string of the molecule is CC(C)CC(=O)OCc1ccc(COC(=O)CC(C)C)cc1. The maximum atomic E-state index is 11.5. The molecule has 0 aliphatic carbocycles. The summed E-state index contributed by atoms with van der Waals surface area (Å²) in [5.74, 6) is 0.245. The molecule has 0 aliphatic rings. The molecule has 0 N–H and O–H groups in total. The fraction of sp³-hybridized carbons (Fsp3) is 0.556. The first-order valence-electron chi connectivity index (χ1n) is 7.76. The number of benzene rings is 1. The van der Waals surface area contributed by atoms with Gasteiger partial charge in [0.05, 0.1) is 0 Å². The van der Waals surface area contributed by atoms with Crippen LogP contribution in [0, 0.1) is 11.8 Å². The number of hydrogen-bond donors (Lipinski definition) is 0. The van der Waals surface area contributed by atoms with E-state index >= 15 is 0 Å². The summed E-state index contributed by atoms with van der Waals surface area (Å²) in [6, 6.07) is 7.53. The van der Waals surface area contributed by atoms with Gasteiger partial charge in [-0.25, -0.2) is 0 Å². The van der Waals surface area contributed by atoms with E-state index in [0.717, 1.165) is 11.1 Å². The van der Waals surface area contributed by atoms with E-state index in [0.29, 0.717) is 24.7 Å². The smallest absolute Gasteiger partial charge is 0.306 e. The highest BCUT2D eigenvalue weighted by atomic mass is 16.5. The zero-order valence-corrected chi connectivity index (χ0v) is 13.9. The van der Waals surface area contributed by atoms with Gasteiger partial charge in [-0.15, -0.1) is 0 Å². The van der Waals surface area contributed by atoms with Gasteiger partial charge in [-0.3, -0.25) is 9.59 Å². The Morgan fingerprint density at radius 1 is 0.773 bits per heavy atom. The lowest BCUT2D eigenvalue weighted by molar-refractivity contribution is -0.146. The van der Waals surface area contributed by atoms with Crippen molar-refractivity contribution in [2.45, 2.75) is 53.8 Å². The predicted molar refractivity (Wildman–Crippen MR) is 84.9 cm³/mol. The summed E-state index contributed by atoms with van der Waals surface area (Å²) in [5, 5.41) is 0. The second kappa shape index (κ2) is 9.23. The minimum Gasteiger partial charge on any atom is -0.461 e. The van der Waals surface area contributed by atoms with Crippen molar-refractivity contribution >= 4 is 11.9 Å². The van der Waals surface area contributed by atoms with Crippen molar-refractivity contribution in [2.24, 2.45) is 11.8 Å². The molecule has 0 saturated heterocycles. The lowest BCUT2D eigenvalue weighted by Crippen LogP contribution is -2.08. The average molecular weight is 306 g/mol. The van der Waals surface area contributed by atoms with Gasteiger partial charge in [0.2, 0.25) is 0 Å². The second-order valence-electron chi connectivity index (χ2n) is 6.33. The van der Waals surface area contributed by atoms with Gasteiger partial charge in [0.15, 0.2) is 0 Å². The van der Waals surface area contributed by atoms with Crippen molar-refractivity contribution < 1.29 is 19.1 Å². The number of rotatable bonds is 8. The normalized spacial score (nSPS) is 10.8. The van der Waals surface area contributed by atoms with E-state index in [1.165, 1.54) is 0 Å². The maximum Gasteiger partial charge on any atom is 0.306 e. The fourth-order valence-corrected chi connectivity index (χ4v) is 1.84. The van der Waals surface area contributed by atoms with Gasteiger partial charge in [0, 0.05) is 12.8 Å². The van der Waals surface area contributed by atoms with Crippen molar-refractivity contribution in [1.82, 2.24) is 0 Å². The van der Waals surface area contributed by atoms with Crippen LogP contribution in [-0.4, -0.2) is 11.9 Å². The molecule has 22 heavy (non-hydrogen) atoms. The minimum absolute atomic E-state index is 0.179. The number of hydrogen-bond acceptors (Lipinski definition) is 4. The molecule has 1 rings (SSSR count). The fourth-order valence-electron chi connectivity index (χ4n) is 1.84. The molecule has 0 unspecified atom stereocenters. The van der Waals surface area contributed by atoms with Crippen LogP contribution in [-0.2, 0) is 32.3 Å². The molecule has 4 nitrogen and oxygen atoms in total. The van der Waals surface area contributed by atoms with Crippen molar-refractivity contribution in [3.8, 4) is 0 Å². The summed E-state index contributed by atoms with van der Waals surface area (Å²) < 4.78 is 10.4. The molecule has 0 atom stereocenters. The van der Waals surface area contributed by atoms with E-state index in [9.17, 15) is 9.59 Å². The maximum absolute atomic E-state index is 11.5. The molecule has 0 radical (unpaired) electrons. The van der Waals surface area contributed by atoms with Gasteiger partial charge < -0.3 is 9.47 Å². The highest BCUT2D eigenvalue weighted by Gasteiger charge is 2.08. The molecule has 0 amide bonds. The third-order valence-electron chi connectivity index (χ3n) is 2.97. The summed E-state index contributed by atoms with van der Waals surface area (Å²) in [6.07, 6.45) is 0.869. The number of carbonyl (C=O) groups is 2. The molecule has 0 spiro atoms. The van der Waals surface area contributed by atoms with Crippen molar-refractivity contribution in [1.29, 1.82) is 0 Å². The molecule has 1 aromatic carbocycles. The van der Waals surface area contributed by atoms with Gasteiger partial charge in [0.25, 0.3) is 0 Å². The van der Waals surface area contributed by atoms with Crippen molar-refractivity contribution in [2.75, 3.05) is 0 Å². The number of ether oxygens (including phenoxy) is 2. The Balaban J connectivity index is 2.36. The predicted octanol–water partition coefficient (Wildman–Crippen LogP) is 3.87. The number of esters is 2. The van der Waals surface area contributed by atoms with Crippen molar-refractivity contribution in [3.63, 3.8) is 0 Å². The first-order valence-corrected chi connectivity index (χ1v) is 7.76. The Morgan fingerprint density at radius 3 is 1.36 bits per heavy atom. The zero-order valence-electron chi connectivity index (χ0n) is 13.9. The van der Waals surface area contributed by atoms with Crippen LogP contribution in [0.1, 0.15) is 51.7 Å². The first kappa shape index (κ1) is 18.2. The highest BCUT2D eigenvalue weighted by Crippen LogP contribution is 2.10. The van der Waals surface area contributed by atoms with Gasteiger partial charge >= 0.3 is 11.9 Å². The average Bonchev–Trinajstić information content (AvgIpc) is 2.42. The zero-order chi connectivity index (χ0) is 16.5. The molecular formula is C18H26O4. The van der Waals surface area contributed by atoms with Crippen LogP contribution >= 0.6 is 0 Å². The lowest BCUT2D eigenvalue weighted by atomic mass is 10.1. The van der Waals surface area contributed by atoms with Crippen LogP contribution in [0.5, 0.6) is 0 Å². The summed E-state index contributed by atoms with van der Waals surface area (Å²) in [6.45, 7) is 8.48. The number of carbonyl (C=O) groups excluding carboxylic acids is 2. The Bertz CT molecular complexity index is 429. The highest BCUT2D eigenvalue weighted by molar-refractivity contribution is 5.70.